The third-order valence-electron chi connectivity index (χ3n) is 1.36. The Hall–Kier alpha value is -0.970. The first kappa shape index (κ1) is 10.1. The van der Waals surface area contributed by atoms with E-state index in [1.807, 2.05) is 0 Å². The van der Waals surface area contributed by atoms with Crippen molar-refractivity contribution in [2.75, 3.05) is 5.75 Å². The molecule has 0 amide bonds. The van der Waals surface area contributed by atoms with Gasteiger partial charge in [-0.3, -0.25) is 4.79 Å². The molecule has 0 aliphatic carbocycles. The summed E-state index contributed by atoms with van der Waals surface area (Å²) in [5, 5.41) is 9.01. The number of aromatic nitrogens is 2. The van der Waals surface area contributed by atoms with Crippen LogP contribution >= 0.6 is 11.8 Å². The van der Waals surface area contributed by atoms with Gasteiger partial charge < -0.3 is 10.1 Å². The van der Waals surface area contributed by atoms with Gasteiger partial charge in [0, 0.05) is 0 Å². The van der Waals surface area contributed by atoms with Gasteiger partial charge in [-0.15, -0.1) is 0 Å². The molecule has 1 aromatic rings. The van der Waals surface area contributed by atoms with E-state index in [2.05, 4.69) is 16.9 Å². The van der Waals surface area contributed by atoms with Gasteiger partial charge in [0.15, 0.2) is 0 Å². The van der Waals surface area contributed by atoms with E-state index in [0.717, 1.165) is 18.2 Å². The molecule has 0 saturated carbocycles. The van der Waals surface area contributed by atoms with Crippen LogP contribution in [0.2, 0.25) is 0 Å². The Morgan fingerprint density at radius 1 is 1.69 bits per heavy atom. The zero-order valence-corrected chi connectivity index (χ0v) is 8.23. The Morgan fingerprint density at radius 2 is 2.46 bits per heavy atom. The van der Waals surface area contributed by atoms with Crippen LogP contribution < -0.4 is 5.56 Å². The summed E-state index contributed by atoms with van der Waals surface area (Å²) in [5.41, 5.74) is -0.306. The van der Waals surface area contributed by atoms with Gasteiger partial charge in [0.25, 0.3) is 5.56 Å². The van der Waals surface area contributed by atoms with Gasteiger partial charge in [0.05, 0.1) is 11.8 Å². The molecule has 0 aliphatic rings. The second-order valence-corrected chi connectivity index (χ2v) is 3.71. The maximum absolute atomic E-state index is 10.9. The molecule has 1 rings (SSSR count). The minimum Gasteiger partial charge on any atom is -0.493 e. The van der Waals surface area contributed by atoms with Crippen molar-refractivity contribution in [2.45, 2.75) is 19.1 Å². The predicted octanol–water partition coefficient (Wildman–Crippen LogP) is 1.12. The van der Waals surface area contributed by atoms with Crippen molar-refractivity contribution in [3.8, 4) is 5.88 Å². The Labute approximate surface area is 80.4 Å². The molecule has 1 aromatic heterocycles. The number of nitrogens with zero attached hydrogens (tertiary/aromatic N) is 1. The molecule has 0 radical (unpaired) electrons. The Bertz CT molecular complexity index is 324. The molecule has 4 nitrogen and oxygen atoms in total. The highest BCUT2D eigenvalue weighted by atomic mass is 32.2. The zero-order valence-electron chi connectivity index (χ0n) is 7.41. The van der Waals surface area contributed by atoms with E-state index in [-0.39, 0.29) is 11.4 Å². The van der Waals surface area contributed by atoms with E-state index in [1.165, 1.54) is 0 Å². The van der Waals surface area contributed by atoms with Crippen molar-refractivity contribution < 1.29 is 5.11 Å². The number of hydrogen-bond donors (Lipinski definition) is 2. The fraction of sp³-hybridized carbons (Fsp3) is 0.500. The van der Waals surface area contributed by atoms with Crippen LogP contribution in [0, 0.1) is 0 Å². The van der Waals surface area contributed by atoms with Gasteiger partial charge in [-0.2, -0.15) is 16.7 Å². The van der Waals surface area contributed by atoms with Gasteiger partial charge in [-0.05, 0) is 12.2 Å². The van der Waals surface area contributed by atoms with Crippen LogP contribution in [-0.2, 0) is 5.75 Å². The topological polar surface area (TPSA) is 66.0 Å². The Kier molecular flexibility index (Phi) is 3.82. The molecule has 2 N–H and O–H groups in total. The number of nitrogens with one attached hydrogen (secondary N) is 1. The lowest BCUT2D eigenvalue weighted by molar-refractivity contribution is 0.449. The predicted molar refractivity (Wildman–Crippen MR) is 53.0 cm³/mol. The maximum atomic E-state index is 10.9. The summed E-state index contributed by atoms with van der Waals surface area (Å²) in [7, 11) is 0. The van der Waals surface area contributed by atoms with Crippen molar-refractivity contribution in [2.24, 2.45) is 0 Å². The number of rotatable bonds is 4. The molecule has 72 valence electrons. The molecule has 5 heteroatoms. The highest BCUT2D eigenvalue weighted by molar-refractivity contribution is 7.98. The minimum absolute atomic E-state index is 0.212. The largest absolute Gasteiger partial charge is 0.493 e. The van der Waals surface area contributed by atoms with Crippen molar-refractivity contribution in [3.63, 3.8) is 0 Å². The first-order valence-electron chi connectivity index (χ1n) is 4.09. The average molecular weight is 200 g/mol. The summed E-state index contributed by atoms with van der Waals surface area (Å²) in [5.74, 6) is 1.98. The maximum Gasteiger partial charge on any atom is 0.254 e. The summed E-state index contributed by atoms with van der Waals surface area (Å²) in [4.78, 5) is 17.2. The molecule has 0 aromatic carbocycles. The molecule has 0 spiro atoms. The second kappa shape index (κ2) is 4.91. The number of hydrogen-bond acceptors (Lipinski definition) is 4. The van der Waals surface area contributed by atoms with Crippen molar-refractivity contribution >= 4 is 11.8 Å². The molecule has 0 aliphatic heterocycles. The van der Waals surface area contributed by atoms with E-state index < -0.39 is 0 Å². The molecule has 0 bridgehead atoms. The first-order chi connectivity index (χ1) is 6.22. The highest BCUT2D eigenvalue weighted by Gasteiger charge is 1.98. The number of aromatic amines is 1. The fourth-order valence-corrected chi connectivity index (χ4v) is 1.64. The van der Waals surface area contributed by atoms with Crippen LogP contribution in [0.5, 0.6) is 5.88 Å². The normalized spacial score (nSPS) is 10.2. The summed E-state index contributed by atoms with van der Waals surface area (Å²) in [6.45, 7) is 2.09. The average Bonchev–Trinajstić information content (AvgIpc) is 2.03. The van der Waals surface area contributed by atoms with Crippen LogP contribution in [0.1, 0.15) is 19.2 Å². The van der Waals surface area contributed by atoms with Crippen LogP contribution in [0.3, 0.4) is 0 Å². The molecule has 0 atom stereocenters. The number of thioether (sulfide) groups is 1. The van der Waals surface area contributed by atoms with Crippen LogP contribution in [0.4, 0.5) is 0 Å². The summed E-state index contributed by atoms with van der Waals surface area (Å²) in [6, 6.07) is 1.06. The minimum atomic E-state index is -0.306. The summed E-state index contributed by atoms with van der Waals surface area (Å²) >= 11 is 1.68. The molecule has 0 unspecified atom stereocenters. The van der Waals surface area contributed by atoms with Crippen LogP contribution in [0.25, 0.3) is 0 Å². The molecular weight excluding hydrogens is 188 g/mol. The van der Waals surface area contributed by atoms with E-state index in [4.69, 9.17) is 5.11 Å². The van der Waals surface area contributed by atoms with Gasteiger partial charge >= 0.3 is 0 Å². The molecule has 13 heavy (non-hydrogen) atoms. The van der Waals surface area contributed by atoms with Crippen molar-refractivity contribution in [3.05, 3.63) is 22.2 Å². The third kappa shape index (κ3) is 3.50. The van der Waals surface area contributed by atoms with Crippen LogP contribution in [-0.4, -0.2) is 20.8 Å². The zero-order chi connectivity index (χ0) is 9.68. The van der Waals surface area contributed by atoms with Gasteiger partial charge in [-0.1, -0.05) is 6.92 Å². The standard InChI is InChI=1S/C8H12N2O2S/c1-2-3-13-5-6-9-7(11)4-8(12)10-6/h4H,2-3,5H2,1H3,(H2,9,10,11,12). The summed E-state index contributed by atoms with van der Waals surface area (Å²) < 4.78 is 0. The molecule has 0 saturated heterocycles. The van der Waals surface area contributed by atoms with E-state index >= 15 is 0 Å². The van der Waals surface area contributed by atoms with Crippen molar-refractivity contribution in [1.82, 2.24) is 9.97 Å². The second-order valence-electron chi connectivity index (χ2n) is 2.60. The number of H-pyrrole nitrogens is 1. The number of aromatic hydroxyl groups is 1. The fourth-order valence-electron chi connectivity index (χ4n) is 0.876. The molecule has 0 fully saturated rings. The van der Waals surface area contributed by atoms with E-state index in [1.54, 1.807) is 11.8 Å². The van der Waals surface area contributed by atoms with Crippen LogP contribution in [0.15, 0.2) is 10.9 Å². The van der Waals surface area contributed by atoms with Gasteiger partial charge in [0.2, 0.25) is 5.88 Å². The molecule has 1 heterocycles. The third-order valence-corrected chi connectivity index (χ3v) is 2.54. The SMILES string of the molecule is CCCSCc1nc(O)cc(=O)[nH]1. The molecular formula is C8H12N2O2S. The highest BCUT2D eigenvalue weighted by Crippen LogP contribution is 2.09. The van der Waals surface area contributed by atoms with Gasteiger partial charge in [0.1, 0.15) is 5.82 Å². The van der Waals surface area contributed by atoms with Gasteiger partial charge in [-0.25, -0.2) is 0 Å². The smallest absolute Gasteiger partial charge is 0.254 e. The first-order valence-corrected chi connectivity index (χ1v) is 5.25. The lowest BCUT2D eigenvalue weighted by Gasteiger charge is -1.99. The quantitative estimate of drug-likeness (QED) is 0.715. The monoisotopic (exact) mass is 200 g/mol. The van der Waals surface area contributed by atoms with E-state index in [9.17, 15) is 4.79 Å². The van der Waals surface area contributed by atoms with E-state index in [0.29, 0.717) is 11.6 Å². The Morgan fingerprint density at radius 3 is 3.08 bits per heavy atom. The Balaban J connectivity index is 2.61. The lowest BCUT2D eigenvalue weighted by Crippen LogP contribution is -2.08. The van der Waals surface area contributed by atoms with Crippen molar-refractivity contribution in [1.29, 1.82) is 0 Å². The summed E-state index contributed by atoms with van der Waals surface area (Å²) in [6.07, 6.45) is 1.09. The lowest BCUT2D eigenvalue weighted by atomic mass is 10.6.